The first-order valence-corrected chi connectivity index (χ1v) is 20.8. The van der Waals surface area contributed by atoms with Gasteiger partial charge in [-0.25, -0.2) is 16.8 Å². The summed E-state index contributed by atoms with van der Waals surface area (Å²) in [5.74, 6) is 4.02. The van der Waals surface area contributed by atoms with Crippen molar-refractivity contribution >= 4 is 51.5 Å². The minimum Gasteiger partial charge on any atom is -0.457 e. The third kappa shape index (κ3) is 8.86. The molecule has 0 amide bonds. The Morgan fingerprint density at radius 1 is 0.296 bits per heavy atom. The highest BCUT2D eigenvalue weighted by Gasteiger charge is 2.19. The van der Waals surface area contributed by atoms with Crippen LogP contribution in [0, 0.1) is 0 Å². The third-order valence-corrected chi connectivity index (χ3v) is 12.4. The maximum absolute atomic E-state index is 13.3. The second-order valence-electron chi connectivity index (χ2n) is 11.7. The molecular weight excluding hydrogens is 856 g/mol. The van der Waals surface area contributed by atoms with Gasteiger partial charge < -0.3 is 18.9 Å². The van der Waals surface area contributed by atoms with Crippen LogP contribution in [0.3, 0.4) is 0 Å². The van der Waals surface area contributed by atoms with Crippen LogP contribution in [0.5, 0.6) is 46.0 Å². The normalized spacial score (nSPS) is 11.4. The number of halogens is 2. The second-order valence-corrected chi connectivity index (χ2v) is 17.4. The number of ether oxygens (including phenoxy) is 4. The highest BCUT2D eigenvalue weighted by atomic mass is 79.9. The number of sulfone groups is 2. The van der Waals surface area contributed by atoms with Crippen molar-refractivity contribution in [1.29, 1.82) is 0 Å². The van der Waals surface area contributed by atoms with Gasteiger partial charge in [-0.2, -0.15) is 0 Å². The SMILES string of the molecule is O=S(=O)(c1ccc(Oc2cccc(Br)c2)cc1)c1ccc(Oc2cccc(Oc3ccc(S(=O)(=O)c4ccc(Oc5cccc(Br)c5)cc4)cc3)c2)cc1. The predicted molar refractivity (Wildman–Crippen MR) is 212 cm³/mol. The Bertz CT molecular complexity index is 2450. The summed E-state index contributed by atoms with van der Waals surface area (Å²) < 4.78 is 78.6. The smallest absolute Gasteiger partial charge is 0.206 e. The topological polar surface area (TPSA) is 105 Å². The lowest BCUT2D eigenvalue weighted by atomic mass is 10.3. The molecule has 54 heavy (non-hydrogen) atoms. The summed E-state index contributed by atoms with van der Waals surface area (Å²) in [6.07, 6.45) is 0. The van der Waals surface area contributed by atoms with Crippen molar-refractivity contribution in [3.63, 3.8) is 0 Å². The Kier molecular flexibility index (Phi) is 10.9. The zero-order chi connectivity index (χ0) is 37.7. The van der Waals surface area contributed by atoms with Crippen molar-refractivity contribution < 1.29 is 35.8 Å². The van der Waals surface area contributed by atoms with Crippen molar-refractivity contribution in [2.75, 3.05) is 0 Å². The molecule has 0 radical (unpaired) electrons. The number of rotatable bonds is 12. The standard InChI is InChI=1S/C42H28Br2O8S2/c43-29-4-1-6-35(26-29)49-31-10-18-39(19-11-31)53(45,46)41-22-14-33(15-23-41)51-37-8-3-9-38(28-37)52-34-16-24-42(25-17-34)54(47,48)40-20-12-32(13-21-40)50-36-7-2-5-30(44)27-36/h1-28H. The van der Waals surface area contributed by atoms with Gasteiger partial charge >= 0.3 is 0 Å². The average molecular weight is 885 g/mol. The summed E-state index contributed by atoms with van der Waals surface area (Å²) in [7, 11) is -7.58. The molecule has 0 fully saturated rings. The number of hydrogen-bond acceptors (Lipinski definition) is 8. The van der Waals surface area contributed by atoms with Crippen molar-refractivity contribution in [3.05, 3.63) is 179 Å². The van der Waals surface area contributed by atoms with Crippen molar-refractivity contribution in [1.82, 2.24) is 0 Å². The quantitative estimate of drug-likeness (QED) is 0.119. The fourth-order valence-corrected chi connectivity index (χ4v) is 8.50. The molecule has 8 nitrogen and oxygen atoms in total. The van der Waals surface area contributed by atoms with Gasteiger partial charge in [0.1, 0.15) is 46.0 Å². The van der Waals surface area contributed by atoms with E-state index in [1.807, 2.05) is 48.5 Å². The first-order chi connectivity index (χ1) is 26.0. The summed E-state index contributed by atoms with van der Waals surface area (Å²) in [5, 5.41) is 0. The lowest BCUT2D eigenvalue weighted by Gasteiger charge is -2.11. The molecule has 7 aromatic rings. The summed E-state index contributed by atoms with van der Waals surface area (Å²) in [5.41, 5.74) is 0. The molecule has 0 heterocycles. The molecule has 0 aliphatic rings. The molecule has 0 aliphatic heterocycles. The Morgan fingerprint density at radius 3 is 0.796 bits per heavy atom. The van der Waals surface area contributed by atoms with Gasteiger partial charge in [0.15, 0.2) is 0 Å². The van der Waals surface area contributed by atoms with Crippen LogP contribution in [0.4, 0.5) is 0 Å². The molecule has 0 aliphatic carbocycles. The fourth-order valence-electron chi connectivity index (χ4n) is 5.23. The van der Waals surface area contributed by atoms with Crippen LogP contribution in [0.1, 0.15) is 0 Å². The van der Waals surface area contributed by atoms with Crippen LogP contribution in [0.25, 0.3) is 0 Å². The Labute approximate surface area is 329 Å². The molecular formula is C42H28Br2O8S2. The molecule has 0 aromatic heterocycles. The van der Waals surface area contributed by atoms with Crippen molar-refractivity contribution in [3.8, 4) is 46.0 Å². The summed E-state index contributed by atoms with van der Waals surface area (Å²) in [6, 6.07) is 46.3. The van der Waals surface area contributed by atoms with Gasteiger partial charge in [0.2, 0.25) is 19.7 Å². The third-order valence-electron chi connectivity index (χ3n) is 7.88. The van der Waals surface area contributed by atoms with E-state index in [4.69, 9.17) is 18.9 Å². The molecule has 0 unspecified atom stereocenters. The van der Waals surface area contributed by atoms with Gasteiger partial charge in [-0.3, -0.25) is 0 Å². The van der Waals surface area contributed by atoms with Gasteiger partial charge in [-0.05, 0) is 146 Å². The highest BCUT2D eigenvalue weighted by Crippen LogP contribution is 2.33. The summed E-state index contributed by atoms with van der Waals surface area (Å²) >= 11 is 6.81. The zero-order valence-electron chi connectivity index (χ0n) is 28.0. The van der Waals surface area contributed by atoms with E-state index < -0.39 is 19.7 Å². The highest BCUT2D eigenvalue weighted by molar-refractivity contribution is 9.10. The molecule has 12 heteroatoms. The van der Waals surface area contributed by atoms with E-state index in [0.29, 0.717) is 46.0 Å². The largest absolute Gasteiger partial charge is 0.457 e. The van der Waals surface area contributed by atoms with Crippen molar-refractivity contribution in [2.45, 2.75) is 19.6 Å². The lowest BCUT2D eigenvalue weighted by Crippen LogP contribution is -2.02. The molecule has 0 atom stereocenters. The van der Waals surface area contributed by atoms with E-state index in [9.17, 15) is 16.8 Å². The van der Waals surface area contributed by atoms with E-state index in [1.54, 1.807) is 72.8 Å². The zero-order valence-corrected chi connectivity index (χ0v) is 32.8. The van der Waals surface area contributed by atoms with Crippen LogP contribution in [0.2, 0.25) is 0 Å². The van der Waals surface area contributed by atoms with E-state index in [2.05, 4.69) is 31.9 Å². The lowest BCUT2D eigenvalue weighted by molar-refractivity contribution is 0.460. The summed E-state index contributed by atoms with van der Waals surface area (Å²) in [6.45, 7) is 0. The molecule has 0 bridgehead atoms. The van der Waals surface area contributed by atoms with Gasteiger partial charge in [0, 0.05) is 15.0 Å². The van der Waals surface area contributed by atoms with Gasteiger partial charge in [0.05, 0.1) is 19.6 Å². The maximum atomic E-state index is 13.3. The Balaban J connectivity index is 0.965. The first-order valence-electron chi connectivity index (χ1n) is 16.2. The van der Waals surface area contributed by atoms with E-state index in [1.165, 1.54) is 48.5 Å². The molecule has 0 saturated heterocycles. The number of hydrogen-bond donors (Lipinski definition) is 0. The molecule has 0 spiro atoms. The van der Waals surface area contributed by atoms with Gasteiger partial charge in [-0.15, -0.1) is 0 Å². The predicted octanol–water partition coefficient (Wildman–Crippen LogP) is 12.0. The fraction of sp³-hybridized carbons (Fsp3) is 0. The summed E-state index contributed by atoms with van der Waals surface area (Å²) in [4.78, 5) is 0.483. The number of benzene rings is 7. The average Bonchev–Trinajstić information content (AvgIpc) is 3.16. The Morgan fingerprint density at radius 2 is 0.537 bits per heavy atom. The van der Waals surface area contributed by atoms with E-state index >= 15 is 0 Å². The van der Waals surface area contributed by atoms with Crippen molar-refractivity contribution in [2.24, 2.45) is 0 Å². The van der Waals surface area contributed by atoms with Gasteiger partial charge in [-0.1, -0.05) is 50.1 Å². The monoisotopic (exact) mass is 882 g/mol. The van der Waals surface area contributed by atoms with Crippen LogP contribution in [-0.2, 0) is 19.7 Å². The van der Waals surface area contributed by atoms with E-state index in [-0.39, 0.29) is 19.6 Å². The minimum atomic E-state index is -3.79. The molecule has 0 N–H and O–H groups in total. The maximum Gasteiger partial charge on any atom is 0.206 e. The first kappa shape index (κ1) is 36.9. The molecule has 7 aromatic carbocycles. The van der Waals surface area contributed by atoms with Crippen LogP contribution >= 0.6 is 31.9 Å². The van der Waals surface area contributed by atoms with Crippen LogP contribution in [-0.4, -0.2) is 16.8 Å². The second kappa shape index (κ2) is 15.9. The van der Waals surface area contributed by atoms with Gasteiger partial charge in [0.25, 0.3) is 0 Å². The van der Waals surface area contributed by atoms with Crippen LogP contribution in [0.15, 0.2) is 198 Å². The molecule has 7 rings (SSSR count). The van der Waals surface area contributed by atoms with E-state index in [0.717, 1.165) is 8.95 Å². The van der Waals surface area contributed by atoms with Crippen LogP contribution < -0.4 is 18.9 Å². The minimum absolute atomic E-state index is 0.112. The molecule has 270 valence electrons. The Hall–Kier alpha value is -5.40. The molecule has 0 saturated carbocycles.